The first-order chi connectivity index (χ1) is 10.4. The lowest BCUT2D eigenvalue weighted by Crippen LogP contribution is -2.40. The molecule has 1 unspecified atom stereocenters. The van der Waals surface area contributed by atoms with Crippen molar-refractivity contribution in [1.82, 2.24) is 4.90 Å². The molecular formula is C15H13F3N2OS. The van der Waals surface area contributed by atoms with Gasteiger partial charge in [0.2, 0.25) is 0 Å². The second-order valence-corrected chi connectivity index (χ2v) is 6.45. The summed E-state index contributed by atoms with van der Waals surface area (Å²) in [5, 5.41) is 0.349. The molecule has 0 radical (unpaired) electrons. The molecule has 1 amide bonds. The number of carbonyl (C=O) groups is 1. The maximum atomic E-state index is 12.9. The van der Waals surface area contributed by atoms with E-state index < -0.39 is 11.7 Å². The molecule has 1 aromatic rings. The summed E-state index contributed by atoms with van der Waals surface area (Å²) >= 11 is 5.39. The SMILES string of the molecule is O=C1C2[C@@H]3CC[C@@H](C3)N2C(=S)N1c1cccc(C(F)(F)F)c1. The third-order valence-electron chi connectivity index (χ3n) is 4.90. The van der Waals surface area contributed by atoms with E-state index in [0.29, 0.717) is 5.11 Å². The summed E-state index contributed by atoms with van der Waals surface area (Å²) in [5.41, 5.74) is -0.561. The molecule has 2 saturated heterocycles. The number of anilines is 1. The first kappa shape index (κ1) is 14.0. The fourth-order valence-electron chi connectivity index (χ4n) is 3.98. The molecule has 3 fully saturated rings. The van der Waals surface area contributed by atoms with E-state index in [-0.39, 0.29) is 29.6 Å². The molecule has 22 heavy (non-hydrogen) atoms. The van der Waals surface area contributed by atoms with Crippen LogP contribution in [0.1, 0.15) is 24.8 Å². The number of hydrogen-bond donors (Lipinski definition) is 0. The monoisotopic (exact) mass is 326 g/mol. The van der Waals surface area contributed by atoms with Crippen LogP contribution in [-0.4, -0.2) is 28.0 Å². The minimum Gasteiger partial charge on any atom is -0.333 e. The van der Waals surface area contributed by atoms with Gasteiger partial charge in [-0.25, -0.2) is 0 Å². The highest BCUT2D eigenvalue weighted by molar-refractivity contribution is 7.80. The summed E-state index contributed by atoms with van der Waals surface area (Å²) in [7, 11) is 0. The third kappa shape index (κ3) is 1.81. The number of fused-ring (bicyclic) bond motifs is 5. The number of hydrogen-bond acceptors (Lipinski definition) is 2. The van der Waals surface area contributed by atoms with Crippen molar-refractivity contribution in [2.24, 2.45) is 5.92 Å². The van der Waals surface area contributed by atoms with Crippen molar-refractivity contribution in [3.05, 3.63) is 29.8 Å². The van der Waals surface area contributed by atoms with Gasteiger partial charge in [0.15, 0.2) is 5.11 Å². The Labute approximate surface area is 130 Å². The van der Waals surface area contributed by atoms with Gasteiger partial charge < -0.3 is 4.90 Å². The molecule has 2 bridgehead atoms. The number of thiocarbonyl (C=S) groups is 1. The Hall–Kier alpha value is -1.63. The Kier molecular flexibility index (Phi) is 2.82. The molecular weight excluding hydrogens is 313 g/mol. The molecule has 3 atom stereocenters. The van der Waals surface area contributed by atoms with Crippen LogP contribution < -0.4 is 4.90 Å². The lowest BCUT2D eigenvalue weighted by molar-refractivity contribution is -0.137. The number of alkyl halides is 3. The molecule has 2 aliphatic heterocycles. The van der Waals surface area contributed by atoms with Gasteiger partial charge in [-0.1, -0.05) is 6.07 Å². The van der Waals surface area contributed by atoms with Crippen LogP contribution in [0.3, 0.4) is 0 Å². The van der Waals surface area contributed by atoms with Gasteiger partial charge in [0.25, 0.3) is 5.91 Å². The number of nitrogens with zero attached hydrogens (tertiary/aromatic N) is 2. The van der Waals surface area contributed by atoms with Crippen molar-refractivity contribution < 1.29 is 18.0 Å². The Balaban J connectivity index is 1.72. The lowest BCUT2D eigenvalue weighted by atomic mass is 9.99. The molecule has 116 valence electrons. The zero-order valence-electron chi connectivity index (χ0n) is 11.5. The average Bonchev–Trinajstić information content (AvgIpc) is 3.12. The zero-order valence-corrected chi connectivity index (χ0v) is 12.3. The standard InChI is InChI=1S/C15H13F3N2OS/c16-15(17,18)9-2-1-3-10(7-9)20-13(21)12-8-4-5-11(6-8)19(12)14(20)22/h1-3,7-8,11-12H,4-6H2/t8-,11+,12?/m1/s1. The van der Waals surface area contributed by atoms with Gasteiger partial charge in [0.05, 0.1) is 11.3 Å². The number of piperidine rings is 1. The highest BCUT2D eigenvalue weighted by atomic mass is 32.1. The Morgan fingerprint density at radius 1 is 1.23 bits per heavy atom. The lowest BCUT2D eigenvalue weighted by Gasteiger charge is -2.28. The first-order valence-corrected chi connectivity index (χ1v) is 7.62. The summed E-state index contributed by atoms with van der Waals surface area (Å²) < 4.78 is 38.6. The summed E-state index contributed by atoms with van der Waals surface area (Å²) in [6.45, 7) is 0. The molecule has 0 N–H and O–H groups in total. The van der Waals surface area contributed by atoms with Crippen molar-refractivity contribution >= 4 is 28.9 Å². The Bertz CT molecular complexity index is 647. The van der Waals surface area contributed by atoms with E-state index in [1.807, 2.05) is 4.90 Å². The van der Waals surface area contributed by atoms with E-state index in [9.17, 15) is 18.0 Å². The maximum absolute atomic E-state index is 12.9. The highest BCUT2D eigenvalue weighted by Crippen LogP contribution is 2.47. The van der Waals surface area contributed by atoms with Crippen molar-refractivity contribution in [2.75, 3.05) is 4.90 Å². The van der Waals surface area contributed by atoms with Crippen molar-refractivity contribution in [3.63, 3.8) is 0 Å². The van der Waals surface area contributed by atoms with Crippen LogP contribution in [-0.2, 0) is 11.0 Å². The average molecular weight is 326 g/mol. The molecule has 2 heterocycles. The fraction of sp³-hybridized carbons (Fsp3) is 0.467. The van der Waals surface area contributed by atoms with Gasteiger partial charge in [-0.2, -0.15) is 13.2 Å². The first-order valence-electron chi connectivity index (χ1n) is 7.21. The molecule has 0 aromatic heterocycles. The van der Waals surface area contributed by atoms with Gasteiger partial charge >= 0.3 is 6.18 Å². The van der Waals surface area contributed by atoms with Gasteiger partial charge in [0, 0.05) is 6.04 Å². The summed E-state index contributed by atoms with van der Waals surface area (Å²) in [6.07, 6.45) is -1.47. The van der Waals surface area contributed by atoms with E-state index in [1.54, 1.807) is 0 Å². The van der Waals surface area contributed by atoms with Crippen LogP contribution in [0.5, 0.6) is 0 Å². The summed E-state index contributed by atoms with van der Waals surface area (Å²) in [6, 6.07) is 4.80. The number of amides is 1. The van der Waals surface area contributed by atoms with E-state index in [2.05, 4.69) is 0 Å². The molecule has 3 aliphatic rings. The number of halogens is 3. The summed E-state index contributed by atoms with van der Waals surface area (Å²) in [5.74, 6) is 0.0998. The molecule has 4 rings (SSSR count). The minimum absolute atomic E-state index is 0.184. The van der Waals surface area contributed by atoms with Crippen LogP contribution >= 0.6 is 12.2 Å². The van der Waals surface area contributed by atoms with Crippen molar-refractivity contribution in [1.29, 1.82) is 0 Å². The predicted octanol–water partition coefficient (Wildman–Crippen LogP) is 3.19. The molecule has 7 heteroatoms. The molecule has 3 nitrogen and oxygen atoms in total. The smallest absolute Gasteiger partial charge is 0.333 e. The van der Waals surface area contributed by atoms with Gasteiger partial charge in [-0.05, 0) is 55.6 Å². The van der Waals surface area contributed by atoms with Crippen LogP contribution in [0.2, 0.25) is 0 Å². The topological polar surface area (TPSA) is 23.6 Å². The van der Waals surface area contributed by atoms with Crippen LogP contribution in [0, 0.1) is 5.92 Å². The molecule has 1 saturated carbocycles. The van der Waals surface area contributed by atoms with E-state index in [4.69, 9.17) is 12.2 Å². The van der Waals surface area contributed by atoms with Gasteiger partial charge in [-0.3, -0.25) is 9.69 Å². The number of carbonyl (C=O) groups excluding carboxylic acids is 1. The van der Waals surface area contributed by atoms with Crippen molar-refractivity contribution in [2.45, 2.75) is 37.5 Å². The molecule has 1 aromatic carbocycles. The largest absolute Gasteiger partial charge is 0.416 e. The number of benzene rings is 1. The minimum atomic E-state index is -4.43. The van der Waals surface area contributed by atoms with E-state index in [0.717, 1.165) is 31.4 Å². The third-order valence-corrected chi connectivity index (χ3v) is 5.30. The Morgan fingerprint density at radius 2 is 2.00 bits per heavy atom. The van der Waals surface area contributed by atoms with Crippen LogP contribution in [0.15, 0.2) is 24.3 Å². The van der Waals surface area contributed by atoms with Crippen LogP contribution in [0.25, 0.3) is 0 Å². The number of rotatable bonds is 1. The second kappa shape index (κ2) is 4.44. The van der Waals surface area contributed by atoms with Crippen LogP contribution in [0.4, 0.5) is 18.9 Å². The fourth-order valence-corrected chi connectivity index (χ4v) is 4.44. The Morgan fingerprint density at radius 3 is 2.68 bits per heavy atom. The van der Waals surface area contributed by atoms with Crippen molar-refractivity contribution in [3.8, 4) is 0 Å². The normalized spacial score (nSPS) is 30.4. The van der Waals surface area contributed by atoms with E-state index in [1.165, 1.54) is 17.0 Å². The maximum Gasteiger partial charge on any atom is 0.416 e. The molecule has 0 spiro atoms. The molecule has 1 aliphatic carbocycles. The zero-order chi connectivity index (χ0) is 15.6. The van der Waals surface area contributed by atoms with Gasteiger partial charge in [-0.15, -0.1) is 0 Å². The van der Waals surface area contributed by atoms with Gasteiger partial charge in [0.1, 0.15) is 6.04 Å². The summed E-state index contributed by atoms with van der Waals surface area (Å²) in [4.78, 5) is 15.9. The predicted molar refractivity (Wildman–Crippen MR) is 78.3 cm³/mol. The second-order valence-electron chi connectivity index (χ2n) is 6.08. The van der Waals surface area contributed by atoms with E-state index >= 15 is 0 Å². The quantitative estimate of drug-likeness (QED) is 0.741. The highest BCUT2D eigenvalue weighted by Gasteiger charge is 2.57.